The molecule has 0 saturated heterocycles. The average Bonchev–Trinajstić information content (AvgIpc) is 2.37. The molecule has 2 atom stereocenters. The average molecular weight is 261 g/mol. The van der Waals surface area contributed by atoms with Gasteiger partial charge in [-0.25, -0.2) is 0 Å². The van der Waals surface area contributed by atoms with E-state index >= 15 is 0 Å². The number of benzene rings is 1. The largest absolute Gasteiger partial charge is 0.397 e. The number of nitrogens with two attached hydrogens (primary N) is 2. The fourth-order valence-electron chi connectivity index (χ4n) is 2.86. The minimum Gasteiger partial charge on any atom is -0.397 e. The lowest BCUT2D eigenvalue weighted by Gasteiger charge is -2.27. The van der Waals surface area contributed by atoms with Gasteiger partial charge >= 0.3 is 0 Å². The second kappa shape index (κ2) is 5.95. The number of hydrogen-bond acceptors (Lipinski definition) is 3. The molecule has 4 nitrogen and oxygen atoms in total. The molecule has 2 unspecified atom stereocenters. The van der Waals surface area contributed by atoms with Crippen LogP contribution in [-0.2, 0) is 0 Å². The highest BCUT2D eigenvalue weighted by molar-refractivity contribution is 5.94. The first kappa shape index (κ1) is 13.7. The van der Waals surface area contributed by atoms with E-state index in [-0.39, 0.29) is 0 Å². The summed E-state index contributed by atoms with van der Waals surface area (Å²) in [6, 6.07) is 5.13. The third kappa shape index (κ3) is 3.63. The van der Waals surface area contributed by atoms with Crippen LogP contribution in [0.15, 0.2) is 18.2 Å². The van der Waals surface area contributed by atoms with E-state index < -0.39 is 5.91 Å². The molecule has 1 aromatic rings. The summed E-state index contributed by atoms with van der Waals surface area (Å²) in [6.45, 7) is 3.23. The minimum atomic E-state index is -0.422. The Bertz CT molecular complexity index is 459. The maximum Gasteiger partial charge on any atom is 0.248 e. The van der Waals surface area contributed by atoms with Crippen molar-refractivity contribution in [1.82, 2.24) is 0 Å². The number of hydrogen-bond donors (Lipinski definition) is 3. The lowest BCUT2D eigenvalue weighted by Crippen LogP contribution is -2.21. The van der Waals surface area contributed by atoms with E-state index in [1.165, 1.54) is 25.7 Å². The first-order valence-corrected chi connectivity index (χ1v) is 6.99. The molecule has 19 heavy (non-hydrogen) atoms. The Morgan fingerprint density at radius 3 is 2.89 bits per heavy atom. The van der Waals surface area contributed by atoms with Crippen molar-refractivity contribution < 1.29 is 4.79 Å². The van der Waals surface area contributed by atoms with Gasteiger partial charge < -0.3 is 16.8 Å². The highest BCUT2D eigenvalue weighted by Gasteiger charge is 2.18. The standard InChI is InChI=1S/C15H23N3O/c1-10-3-2-4-11(7-10)9-18-14-8-12(15(17)19)5-6-13(14)16/h5-6,8,10-11,18H,2-4,7,9,16H2,1H3,(H2,17,19). The summed E-state index contributed by atoms with van der Waals surface area (Å²) in [4.78, 5) is 11.2. The van der Waals surface area contributed by atoms with Gasteiger partial charge in [0.1, 0.15) is 0 Å². The number of primary amides is 1. The van der Waals surface area contributed by atoms with Gasteiger partial charge in [0.2, 0.25) is 5.91 Å². The maximum atomic E-state index is 11.2. The lowest BCUT2D eigenvalue weighted by molar-refractivity contribution is 0.100. The van der Waals surface area contributed by atoms with Gasteiger partial charge in [-0.05, 0) is 42.9 Å². The highest BCUT2D eigenvalue weighted by Crippen LogP contribution is 2.29. The van der Waals surface area contributed by atoms with Crippen molar-refractivity contribution in [3.63, 3.8) is 0 Å². The quantitative estimate of drug-likeness (QED) is 0.729. The first-order valence-electron chi connectivity index (χ1n) is 6.99. The van der Waals surface area contributed by atoms with Crippen LogP contribution in [-0.4, -0.2) is 12.5 Å². The number of carbonyl (C=O) groups excluding carboxylic acids is 1. The van der Waals surface area contributed by atoms with E-state index in [1.807, 2.05) is 0 Å². The molecule has 2 rings (SSSR count). The predicted octanol–water partition coefficient (Wildman–Crippen LogP) is 2.61. The molecular formula is C15H23N3O. The van der Waals surface area contributed by atoms with Gasteiger partial charge in [-0.3, -0.25) is 4.79 Å². The molecule has 0 spiro atoms. The van der Waals surface area contributed by atoms with Crippen molar-refractivity contribution >= 4 is 17.3 Å². The molecule has 1 amide bonds. The molecule has 1 fully saturated rings. The van der Waals surface area contributed by atoms with Crippen molar-refractivity contribution in [1.29, 1.82) is 0 Å². The Morgan fingerprint density at radius 1 is 1.42 bits per heavy atom. The normalized spacial score (nSPS) is 23.0. The molecule has 4 heteroatoms. The smallest absolute Gasteiger partial charge is 0.248 e. The first-order chi connectivity index (χ1) is 9.06. The van der Waals surface area contributed by atoms with Crippen molar-refractivity contribution in [3.8, 4) is 0 Å². The number of carbonyl (C=O) groups is 1. The Labute approximate surface area is 114 Å². The van der Waals surface area contributed by atoms with Crippen LogP contribution >= 0.6 is 0 Å². The van der Waals surface area contributed by atoms with Gasteiger partial charge in [0.05, 0.1) is 11.4 Å². The third-order valence-electron chi connectivity index (χ3n) is 3.96. The summed E-state index contributed by atoms with van der Waals surface area (Å²) in [5.41, 5.74) is 13.2. The van der Waals surface area contributed by atoms with E-state index in [9.17, 15) is 4.79 Å². The number of nitrogen functional groups attached to an aromatic ring is 1. The molecule has 0 heterocycles. The molecule has 0 aliphatic heterocycles. The molecule has 0 radical (unpaired) electrons. The van der Waals surface area contributed by atoms with Gasteiger partial charge in [0.15, 0.2) is 0 Å². The van der Waals surface area contributed by atoms with Gasteiger partial charge in [-0.15, -0.1) is 0 Å². The minimum absolute atomic E-state index is 0.422. The van der Waals surface area contributed by atoms with Gasteiger partial charge in [-0.1, -0.05) is 19.8 Å². The fourth-order valence-corrected chi connectivity index (χ4v) is 2.86. The summed E-state index contributed by atoms with van der Waals surface area (Å²) in [5, 5.41) is 3.37. The summed E-state index contributed by atoms with van der Waals surface area (Å²) in [5.74, 6) is 1.09. The van der Waals surface area contributed by atoms with E-state index in [0.717, 1.165) is 18.2 Å². The molecular weight excluding hydrogens is 238 g/mol. The second-order valence-electron chi connectivity index (χ2n) is 5.68. The molecule has 0 bridgehead atoms. The van der Waals surface area contributed by atoms with E-state index in [2.05, 4.69) is 12.2 Å². The summed E-state index contributed by atoms with van der Waals surface area (Å²) >= 11 is 0. The van der Waals surface area contributed by atoms with E-state index in [4.69, 9.17) is 11.5 Å². The molecule has 1 saturated carbocycles. The second-order valence-corrected chi connectivity index (χ2v) is 5.68. The van der Waals surface area contributed by atoms with Crippen molar-refractivity contribution in [2.75, 3.05) is 17.6 Å². The Morgan fingerprint density at radius 2 is 2.21 bits per heavy atom. The third-order valence-corrected chi connectivity index (χ3v) is 3.96. The molecule has 1 aromatic carbocycles. The van der Waals surface area contributed by atoms with Crippen molar-refractivity contribution in [2.45, 2.75) is 32.6 Å². The maximum absolute atomic E-state index is 11.2. The Balaban J connectivity index is 1.98. The highest BCUT2D eigenvalue weighted by atomic mass is 16.1. The number of amides is 1. The van der Waals surface area contributed by atoms with Crippen molar-refractivity contribution in [2.24, 2.45) is 17.6 Å². The van der Waals surface area contributed by atoms with Crippen LogP contribution in [0.25, 0.3) is 0 Å². The van der Waals surface area contributed by atoms with Gasteiger partial charge in [-0.2, -0.15) is 0 Å². The van der Waals surface area contributed by atoms with Crippen molar-refractivity contribution in [3.05, 3.63) is 23.8 Å². The predicted molar refractivity (Wildman–Crippen MR) is 79.0 cm³/mol. The fraction of sp³-hybridized carbons (Fsp3) is 0.533. The van der Waals surface area contributed by atoms with E-state index in [0.29, 0.717) is 17.2 Å². The van der Waals surface area contributed by atoms with Crippen LogP contribution in [0.3, 0.4) is 0 Å². The molecule has 1 aliphatic carbocycles. The SMILES string of the molecule is CC1CCCC(CNc2cc(C(N)=O)ccc2N)C1. The van der Waals surface area contributed by atoms with Crippen LogP contribution in [0.2, 0.25) is 0 Å². The number of nitrogens with one attached hydrogen (secondary N) is 1. The van der Waals surface area contributed by atoms with Gasteiger partial charge in [0, 0.05) is 12.1 Å². The molecule has 5 N–H and O–H groups in total. The van der Waals surface area contributed by atoms with E-state index in [1.54, 1.807) is 18.2 Å². The molecule has 1 aliphatic rings. The number of rotatable bonds is 4. The van der Waals surface area contributed by atoms with Crippen LogP contribution in [0.5, 0.6) is 0 Å². The van der Waals surface area contributed by atoms with Gasteiger partial charge in [0.25, 0.3) is 0 Å². The zero-order valence-electron chi connectivity index (χ0n) is 11.5. The monoisotopic (exact) mass is 261 g/mol. The Kier molecular flexibility index (Phi) is 4.30. The lowest BCUT2D eigenvalue weighted by atomic mass is 9.82. The van der Waals surface area contributed by atoms with Crippen LogP contribution in [0.1, 0.15) is 43.0 Å². The zero-order chi connectivity index (χ0) is 13.8. The summed E-state index contributed by atoms with van der Waals surface area (Å²) in [6.07, 6.45) is 5.19. The Hall–Kier alpha value is -1.71. The van der Waals surface area contributed by atoms with Crippen LogP contribution in [0, 0.1) is 11.8 Å². The zero-order valence-corrected chi connectivity index (χ0v) is 11.5. The molecule has 0 aromatic heterocycles. The van der Waals surface area contributed by atoms with Crippen LogP contribution < -0.4 is 16.8 Å². The topological polar surface area (TPSA) is 81.1 Å². The van der Waals surface area contributed by atoms with Crippen LogP contribution in [0.4, 0.5) is 11.4 Å². The summed E-state index contributed by atoms with van der Waals surface area (Å²) < 4.78 is 0. The molecule has 104 valence electrons. The number of anilines is 2. The summed E-state index contributed by atoms with van der Waals surface area (Å²) in [7, 11) is 0.